The number of hydrogen-bond donors (Lipinski definition) is 3. The average Bonchev–Trinajstić information content (AvgIpc) is 2.00. The Morgan fingerprint density at radius 1 is 1.50 bits per heavy atom. The van der Waals surface area contributed by atoms with Gasteiger partial charge in [-0.2, -0.15) is 0 Å². The number of hydrogen-bond acceptors (Lipinski definition) is 4. The van der Waals surface area contributed by atoms with Gasteiger partial charge in [-0.15, -0.1) is 0 Å². The Hall–Kier alpha value is -0.100. The number of alkyl halides is 1. The van der Waals surface area contributed by atoms with E-state index in [1.165, 1.54) is 0 Å². The summed E-state index contributed by atoms with van der Waals surface area (Å²) in [5.74, 6) is 0. The molecule has 0 aliphatic rings. The Kier molecular flexibility index (Phi) is 4.63. The number of aliphatic hydroxyl groups is 3. The third-order valence-electron chi connectivity index (χ3n) is 1.04. The summed E-state index contributed by atoms with van der Waals surface area (Å²) in [7, 11) is 0. The zero-order chi connectivity index (χ0) is 8.15. The molecule has 3 nitrogen and oxygen atoms in total. The largest absolute Gasteiger partial charge is 0.394 e. The molecule has 0 aromatic rings. The first kappa shape index (κ1) is 9.90. The molecule has 0 heterocycles. The van der Waals surface area contributed by atoms with E-state index in [1.54, 1.807) is 0 Å². The zero-order valence-electron chi connectivity index (χ0n) is 5.14. The van der Waals surface area contributed by atoms with Crippen LogP contribution in [-0.4, -0.2) is 45.7 Å². The molecule has 0 aliphatic heterocycles. The van der Waals surface area contributed by atoms with Crippen LogP contribution in [-0.2, 0) is 0 Å². The van der Waals surface area contributed by atoms with E-state index in [9.17, 15) is 4.39 Å². The van der Waals surface area contributed by atoms with Crippen molar-refractivity contribution in [1.82, 2.24) is 0 Å². The fourth-order valence-corrected chi connectivity index (χ4v) is 0.562. The monoisotopic (exact) mass is 168 g/mol. The van der Waals surface area contributed by atoms with E-state index in [2.05, 4.69) is 12.2 Å². The lowest BCUT2D eigenvalue weighted by Crippen LogP contribution is -2.37. The summed E-state index contributed by atoms with van der Waals surface area (Å²) >= 11 is 4.17. The van der Waals surface area contributed by atoms with Crippen LogP contribution in [0.5, 0.6) is 0 Å². The Morgan fingerprint density at radius 2 is 2.00 bits per heavy atom. The Bertz CT molecular complexity index is 111. The molecule has 0 unspecified atom stereocenters. The molecule has 0 spiro atoms. The molecule has 0 aromatic heterocycles. The van der Waals surface area contributed by atoms with Crippen LogP contribution < -0.4 is 0 Å². The van der Waals surface area contributed by atoms with Gasteiger partial charge >= 0.3 is 0 Å². The lowest BCUT2D eigenvalue weighted by atomic mass is 10.1. The minimum atomic E-state index is -1.77. The van der Waals surface area contributed by atoms with E-state index in [4.69, 9.17) is 15.3 Å². The van der Waals surface area contributed by atoms with Crippen molar-refractivity contribution in [2.24, 2.45) is 0 Å². The molecule has 0 bridgehead atoms. The molecule has 0 radical (unpaired) electrons. The summed E-state index contributed by atoms with van der Waals surface area (Å²) < 4.78 is 12.3. The Balaban J connectivity index is 3.80. The molecule has 0 saturated heterocycles. The van der Waals surface area contributed by atoms with Gasteiger partial charge in [0.2, 0.25) is 0 Å². The summed E-state index contributed by atoms with van der Waals surface area (Å²) in [6, 6.07) is 0. The highest BCUT2D eigenvalue weighted by atomic mass is 32.1. The van der Waals surface area contributed by atoms with Crippen LogP contribution in [0.25, 0.3) is 0 Å². The van der Waals surface area contributed by atoms with E-state index in [-0.39, 0.29) is 0 Å². The Morgan fingerprint density at radius 3 is 2.30 bits per heavy atom. The molecular weight excluding hydrogens is 159 g/mol. The van der Waals surface area contributed by atoms with Crippen molar-refractivity contribution in [2.45, 2.75) is 18.4 Å². The number of rotatable bonds is 4. The van der Waals surface area contributed by atoms with Gasteiger partial charge in [0.1, 0.15) is 12.2 Å². The smallest absolute Gasteiger partial charge is 0.157 e. The summed E-state index contributed by atoms with van der Waals surface area (Å²) in [6.07, 6.45) is -4.85. The van der Waals surface area contributed by atoms with Crippen LogP contribution in [0.15, 0.2) is 0 Å². The molecule has 0 aliphatic carbocycles. The van der Waals surface area contributed by atoms with Crippen molar-refractivity contribution >= 4 is 17.6 Å². The fourth-order valence-electron chi connectivity index (χ4n) is 0.401. The normalized spacial score (nSPS) is 19.6. The first-order valence-electron chi connectivity index (χ1n) is 2.69. The molecule has 3 N–H and O–H groups in total. The quantitative estimate of drug-likeness (QED) is 0.473. The molecule has 60 valence electrons. The summed E-state index contributed by atoms with van der Waals surface area (Å²) in [4.78, 5) is 0. The fraction of sp³-hybridized carbons (Fsp3) is 0.800. The third-order valence-corrected chi connectivity index (χ3v) is 1.30. The molecule has 0 amide bonds. The minimum Gasteiger partial charge on any atom is -0.394 e. The lowest BCUT2D eigenvalue weighted by molar-refractivity contribution is -0.0350. The van der Waals surface area contributed by atoms with Crippen LogP contribution in [0.4, 0.5) is 4.39 Å². The van der Waals surface area contributed by atoms with Crippen molar-refractivity contribution in [3.63, 3.8) is 0 Å². The van der Waals surface area contributed by atoms with Crippen LogP contribution in [0, 0.1) is 0 Å². The molecule has 3 atom stereocenters. The van der Waals surface area contributed by atoms with Crippen LogP contribution >= 0.6 is 12.2 Å². The van der Waals surface area contributed by atoms with Gasteiger partial charge in [-0.05, 0) is 0 Å². The molecule has 0 fully saturated rings. The third kappa shape index (κ3) is 2.66. The van der Waals surface area contributed by atoms with Crippen LogP contribution in [0.2, 0.25) is 0 Å². The first-order chi connectivity index (χ1) is 4.63. The number of aliphatic hydroxyl groups excluding tert-OH is 3. The Labute approximate surface area is 63.1 Å². The molecule has 0 rings (SSSR count). The van der Waals surface area contributed by atoms with Crippen molar-refractivity contribution in [3.8, 4) is 0 Å². The summed E-state index contributed by atoms with van der Waals surface area (Å²) in [5.41, 5.74) is 0. The van der Waals surface area contributed by atoms with E-state index in [0.717, 1.165) is 0 Å². The van der Waals surface area contributed by atoms with E-state index < -0.39 is 25.0 Å². The molecule has 5 heteroatoms. The lowest BCUT2D eigenvalue weighted by Gasteiger charge is -2.15. The van der Waals surface area contributed by atoms with Crippen molar-refractivity contribution < 1.29 is 19.7 Å². The maximum Gasteiger partial charge on any atom is 0.157 e. The SMILES string of the molecule is OC[C@@H](O)[C@@H](O)[C@H](F)C=S. The summed E-state index contributed by atoms with van der Waals surface area (Å²) in [6.45, 7) is -0.676. The van der Waals surface area contributed by atoms with Gasteiger partial charge in [-0.1, -0.05) is 12.2 Å². The minimum absolute atomic E-state index is 0.676. The van der Waals surface area contributed by atoms with Gasteiger partial charge in [-0.3, -0.25) is 0 Å². The highest BCUT2D eigenvalue weighted by molar-refractivity contribution is 7.79. The molecule has 0 saturated carbocycles. The van der Waals surface area contributed by atoms with Gasteiger partial charge in [0.15, 0.2) is 6.17 Å². The first-order valence-corrected chi connectivity index (χ1v) is 3.17. The van der Waals surface area contributed by atoms with Crippen LogP contribution in [0.1, 0.15) is 0 Å². The topological polar surface area (TPSA) is 60.7 Å². The van der Waals surface area contributed by atoms with Gasteiger partial charge in [0.05, 0.1) is 6.61 Å². The van der Waals surface area contributed by atoms with Gasteiger partial charge in [0.25, 0.3) is 0 Å². The number of thiocarbonyl (C=S) groups is 1. The van der Waals surface area contributed by atoms with Gasteiger partial charge < -0.3 is 15.3 Å². The van der Waals surface area contributed by atoms with Crippen LogP contribution in [0.3, 0.4) is 0 Å². The van der Waals surface area contributed by atoms with Crippen molar-refractivity contribution in [2.75, 3.05) is 6.61 Å². The molecular formula is C5H9FO3S. The average molecular weight is 168 g/mol. The summed E-state index contributed by atoms with van der Waals surface area (Å²) in [5, 5.41) is 26.2. The highest BCUT2D eigenvalue weighted by Gasteiger charge is 2.23. The van der Waals surface area contributed by atoms with E-state index in [1.807, 2.05) is 0 Å². The van der Waals surface area contributed by atoms with Crippen molar-refractivity contribution in [3.05, 3.63) is 0 Å². The second-order valence-corrected chi connectivity index (χ2v) is 2.09. The maximum absolute atomic E-state index is 12.3. The standard InChI is InChI=1S/C5H9FO3S/c6-3(2-10)5(9)4(8)1-7/h2-5,7-9H,1H2/t3-,4-,5+/m1/s1. The second kappa shape index (κ2) is 4.68. The zero-order valence-corrected chi connectivity index (χ0v) is 5.96. The second-order valence-electron chi connectivity index (χ2n) is 1.82. The van der Waals surface area contributed by atoms with E-state index >= 15 is 0 Å². The van der Waals surface area contributed by atoms with Crippen molar-refractivity contribution in [1.29, 1.82) is 0 Å². The number of halogens is 1. The maximum atomic E-state index is 12.3. The highest BCUT2D eigenvalue weighted by Crippen LogP contribution is 2.01. The predicted molar refractivity (Wildman–Crippen MR) is 37.7 cm³/mol. The van der Waals surface area contributed by atoms with Gasteiger partial charge in [-0.25, -0.2) is 4.39 Å². The molecule has 0 aromatic carbocycles. The van der Waals surface area contributed by atoms with Gasteiger partial charge in [0, 0.05) is 5.37 Å². The van der Waals surface area contributed by atoms with E-state index in [0.29, 0.717) is 5.37 Å². The predicted octanol–water partition coefficient (Wildman–Crippen LogP) is -0.962. The molecule has 10 heavy (non-hydrogen) atoms.